The number of nitrogens with zero attached hydrogens (tertiary/aromatic N) is 2. The van der Waals surface area contributed by atoms with Gasteiger partial charge < -0.3 is 15.4 Å². The summed E-state index contributed by atoms with van der Waals surface area (Å²) in [7, 11) is 0. The fourth-order valence-corrected chi connectivity index (χ4v) is 4.09. The minimum absolute atomic E-state index is 0.00794. The fraction of sp³-hybridized carbons (Fsp3) is 0.0385. The van der Waals surface area contributed by atoms with Gasteiger partial charge in [-0.2, -0.15) is 0 Å². The van der Waals surface area contributed by atoms with Crippen LogP contribution in [0.1, 0.15) is 21.5 Å². The van der Waals surface area contributed by atoms with Crippen molar-refractivity contribution in [3.63, 3.8) is 0 Å². The topological polar surface area (TPSA) is 138 Å². The molecule has 3 aromatic carbocycles. The first-order valence-corrected chi connectivity index (χ1v) is 12.0. The Bertz CT molecular complexity index is 1570. The molecule has 2 heterocycles. The lowest BCUT2D eigenvalue weighted by Crippen LogP contribution is -2.43. The number of H-pyrrole nitrogens is 1. The van der Waals surface area contributed by atoms with Crippen LogP contribution in [0.4, 0.5) is 16.3 Å². The lowest BCUT2D eigenvalue weighted by molar-refractivity contribution is -0.117. The van der Waals surface area contributed by atoms with Gasteiger partial charge in [-0.25, -0.2) is 9.79 Å². The van der Waals surface area contributed by atoms with Crippen molar-refractivity contribution in [1.82, 2.24) is 15.5 Å². The first kappa shape index (κ1) is 25.0. The first-order valence-electron chi connectivity index (χ1n) is 11.2. The van der Waals surface area contributed by atoms with E-state index in [4.69, 9.17) is 27.9 Å². The second kappa shape index (κ2) is 10.8. The van der Waals surface area contributed by atoms with Gasteiger partial charge in [-0.1, -0.05) is 83.9 Å². The number of fused-ring (bicyclic) bond motifs is 1. The Morgan fingerprint density at radius 3 is 2.42 bits per heavy atom. The van der Waals surface area contributed by atoms with Crippen LogP contribution in [-0.2, 0) is 4.79 Å². The van der Waals surface area contributed by atoms with Crippen LogP contribution in [0.15, 0.2) is 83.9 Å². The summed E-state index contributed by atoms with van der Waals surface area (Å²) in [5, 5.41) is 14.1. The number of para-hydroxylation sites is 1. The number of anilines is 2. The molecular formula is C26H18Cl2N6O4. The van der Waals surface area contributed by atoms with Crippen LogP contribution in [0.2, 0.25) is 10.0 Å². The zero-order valence-electron chi connectivity index (χ0n) is 19.4. The van der Waals surface area contributed by atoms with Crippen LogP contribution in [0.3, 0.4) is 0 Å². The first-order chi connectivity index (χ1) is 18.4. The average molecular weight is 549 g/mol. The van der Waals surface area contributed by atoms with E-state index in [2.05, 4.69) is 31.1 Å². The highest BCUT2D eigenvalue weighted by Crippen LogP contribution is 2.30. The molecule has 5 rings (SSSR count). The summed E-state index contributed by atoms with van der Waals surface area (Å²) in [5.74, 6) is -1.44. The molecule has 4 aromatic rings. The molecule has 12 heteroatoms. The smallest absolute Gasteiger partial charge is 0.388 e. The number of nitrogens with one attached hydrogen (secondary N) is 4. The molecule has 10 nitrogen and oxygen atoms in total. The fourth-order valence-electron chi connectivity index (χ4n) is 3.70. The lowest BCUT2D eigenvalue weighted by atomic mass is 10.0. The molecule has 0 radical (unpaired) electrons. The molecule has 1 aromatic heterocycles. The van der Waals surface area contributed by atoms with Crippen LogP contribution in [0, 0.1) is 0 Å². The van der Waals surface area contributed by atoms with Gasteiger partial charge in [-0.15, -0.1) is 5.10 Å². The number of rotatable bonds is 5. The maximum absolute atomic E-state index is 12.9. The van der Waals surface area contributed by atoms with Gasteiger partial charge in [-0.05, 0) is 18.2 Å². The lowest BCUT2D eigenvalue weighted by Gasteiger charge is -2.12. The van der Waals surface area contributed by atoms with Crippen molar-refractivity contribution in [3.8, 4) is 5.88 Å². The predicted molar refractivity (Wildman–Crippen MR) is 143 cm³/mol. The van der Waals surface area contributed by atoms with Crippen molar-refractivity contribution in [2.45, 2.75) is 6.17 Å². The number of carbonyl (C=O) groups is 3. The van der Waals surface area contributed by atoms with Crippen molar-refractivity contribution >= 4 is 58.3 Å². The Hall–Kier alpha value is -4.67. The van der Waals surface area contributed by atoms with E-state index >= 15 is 0 Å². The van der Waals surface area contributed by atoms with Crippen LogP contribution in [0.25, 0.3) is 0 Å². The number of aromatic amines is 1. The van der Waals surface area contributed by atoms with E-state index in [0.29, 0.717) is 17.0 Å². The Morgan fingerprint density at radius 2 is 1.63 bits per heavy atom. The molecule has 3 amide bonds. The largest absolute Gasteiger partial charge is 0.416 e. The molecule has 0 unspecified atom stereocenters. The van der Waals surface area contributed by atoms with Crippen molar-refractivity contribution in [1.29, 1.82) is 0 Å². The van der Waals surface area contributed by atoms with Gasteiger partial charge in [0.2, 0.25) is 6.17 Å². The molecule has 0 fully saturated rings. The molecule has 4 N–H and O–H groups in total. The van der Waals surface area contributed by atoms with Gasteiger partial charge in [0, 0.05) is 11.1 Å². The number of ether oxygens (including phenoxy) is 1. The van der Waals surface area contributed by atoms with Crippen molar-refractivity contribution in [3.05, 3.63) is 106 Å². The second-order valence-electron chi connectivity index (χ2n) is 7.97. The minimum atomic E-state index is -1.32. The van der Waals surface area contributed by atoms with Crippen LogP contribution in [0.5, 0.6) is 5.88 Å². The van der Waals surface area contributed by atoms with Gasteiger partial charge in [0.05, 0.1) is 22.0 Å². The second-order valence-corrected chi connectivity index (χ2v) is 8.75. The number of aromatic nitrogens is 2. The molecule has 0 bridgehead atoms. The standard InChI is InChI=1S/C26H18Cl2N6O4/c27-17-12-6-4-10-15(17)23(35)31-21-19(28)25(34-33-21)38-26(37)32-22-24(36)29-18-13-7-5-11-16(18)20(30-22)14-8-2-1-3-9-14/h1-13,22H,(H,29,36)(H,32,37)(H2,31,33,34,35)/t22-/m0/s1. The van der Waals surface area contributed by atoms with Crippen LogP contribution >= 0.6 is 23.2 Å². The average Bonchev–Trinajstić information content (AvgIpc) is 3.18. The summed E-state index contributed by atoms with van der Waals surface area (Å²) in [6.45, 7) is 0. The van der Waals surface area contributed by atoms with Crippen LogP contribution in [-0.4, -0.2) is 40.0 Å². The normalized spacial score (nSPS) is 14.4. The predicted octanol–water partition coefficient (Wildman–Crippen LogP) is 4.87. The molecule has 0 aliphatic carbocycles. The third-order valence-corrected chi connectivity index (χ3v) is 6.15. The molecule has 1 aliphatic heterocycles. The number of amides is 3. The maximum Gasteiger partial charge on any atom is 0.416 e. The highest BCUT2D eigenvalue weighted by Gasteiger charge is 2.28. The SMILES string of the molecule is O=C(N[C@@H]1N=C(c2ccccc2)c2ccccc2NC1=O)Oc1n[nH]c(NC(=O)c2ccccc2Cl)c1Cl. The van der Waals surface area contributed by atoms with Gasteiger partial charge in [0.25, 0.3) is 17.7 Å². The summed E-state index contributed by atoms with van der Waals surface area (Å²) < 4.78 is 5.20. The molecule has 1 aliphatic rings. The summed E-state index contributed by atoms with van der Waals surface area (Å²) in [5.41, 5.74) is 2.72. The molecule has 0 saturated carbocycles. The summed E-state index contributed by atoms with van der Waals surface area (Å²) >= 11 is 12.3. The molecule has 38 heavy (non-hydrogen) atoms. The molecule has 0 spiro atoms. The van der Waals surface area contributed by atoms with E-state index in [-0.39, 0.29) is 27.3 Å². The Kier molecular flexibility index (Phi) is 7.07. The molecule has 190 valence electrons. The Balaban J connectivity index is 1.33. The van der Waals surface area contributed by atoms with E-state index in [1.807, 2.05) is 42.5 Å². The summed E-state index contributed by atoms with van der Waals surface area (Å²) in [4.78, 5) is 42.6. The number of hydrogen-bond donors (Lipinski definition) is 4. The summed E-state index contributed by atoms with van der Waals surface area (Å²) in [6.07, 6.45) is -2.35. The molecule has 1 atom stereocenters. The number of aliphatic imine (C=N–C) groups is 1. The van der Waals surface area contributed by atoms with E-state index in [0.717, 1.165) is 5.56 Å². The van der Waals surface area contributed by atoms with Crippen molar-refractivity contribution in [2.75, 3.05) is 10.6 Å². The van der Waals surface area contributed by atoms with Crippen molar-refractivity contribution in [2.24, 2.45) is 4.99 Å². The highest BCUT2D eigenvalue weighted by molar-refractivity contribution is 6.36. The van der Waals surface area contributed by atoms with Crippen LogP contribution < -0.4 is 20.7 Å². The molecule has 0 saturated heterocycles. The van der Waals surface area contributed by atoms with E-state index in [9.17, 15) is 14.4 Å². The summed E-state index contributed by atoms with van der Waals surface area (Å²) in [6, 6.07) is 22.9. The van der Waals surface area contributed by atoms with Gasteiger partial charge in [0.15, 0.2) is 5.82 Å². The number of hydrogen-bond acceptors (Lipinski definition) is 6. The Morgan fingerprint density at radius 1 is 0.921 bits per heavy atom. The zero-order chi connectivity index (χ0) is 26.6. The van der Waals surface area contributed by atoms with Gasteiger partial charge >= 0.3 is 6.09 Å². The van der Waals surface area contributed by atoms with Gasteiger partial charge in [-0.3, -0.25) is 20.0 Å². The minimum Gasteiger partial charge on any atom is -0.388 e. The quantitative estimate of drug-likeness (QED) is 0.282. The highest BCUT2D eigenvalue weighted by atomic mass is 35.5. The number of benzene rings is 3. The monoisotopic (exact) mass is 548 g/mol. The third-order valence-electron chi connectivity index (χ3n) is 5.47. The third kappa shape index (κ3) is 5.22. The van der Waals surface area contributed by atoms with Crippen molar-refractivity contribution < 1.29 is 19.1 Å². The van der Waals surface area contributed by atoms with E-state index in [1.54, 1.807) is 30.3 Å². The Labute approximate surface area is 226 Å². The number of benzodiazepines with no additional fused rings is 1. The van der Waals surface area contributed by atoms with Gasteiger partial charge in [0.1, 0.15) is 5.02 Å². The molecular weight excluding hydrogens is 531 g/mol. The number of halogens is 2. The van der Waals surface area contributed by atoms with E-state index in [1.165, 1.54) is 6.07 Å². The zero-order valence-corrected chi connectivity index (χ0v) is 20.9. The van der Waals surface area contributed by atoms with E-state index < -0.39 is 24.1 Å². The maximum atomic E-state index is 12.9. The number of carbonyl (C=O) groups excluding carboxylic acids is 3.